The average molecular weight is 440 g/mol. The number of anilines is 1. The Morgan fingerprint density at radius 3 is 2.52 bits per heavy atom. The van der Waals surface area contributed by atoms with Crippen molar-refractivity contribution in [3.63, 3.8) is 0 Å². The number of nitrogens with zero attached hydrogens (tertiary/aromatic N) is 1. The number of hydrogen-bond donors (Lipinski definition) is 2. The van der Waals surface area contributed by atoms with E-state index in [1.165, 1.54) is 0 Å². The first-order chi connectivity index (χ1) is 16.0. The van der Waals surface area contributed by atoms with Gasteiger partial charge < -0.3 is 15.1 Å². The number of amides is 2. The van der Waals surface area contributed by atoms with Crippen molar-refractivity contribution in [1.29, 1.82) is 0 Å². The number of oxazole rings is 1. The number of benzene rings is 3. The smallest absolute Gasteiger partial charge is 0.256 e. The van der Waals surface area contributed by atoms with Crippen LogP contribution in [0.15, 0.2) is 83.4 Å². The molecule has 2 N–H and O–H groups in total. The number of carbonyl (C=O) groups excluding carboxylic acids is 2. The maximum atomic E-state index is 13.1. The standard InChI is InChI=1S/C27H25N3O3/c1-3-15-28-25(31)20-7-6-8-21(16-20)30-26(32)22-9-4-5-10-23(22)27-29-17-24(33-27)19-13-11-18(2)12-14-19/h4-14,16-17H,3,15H2,1-2H3,(H,28,31)(H,30,32). The van der Waals surface area contributed by atoms with Crippen LogP contribution in [-0.2, 0) is 0 Å². The van der Waals surface area contributed by atoms with Crippen LogP contribution in [0.3, 0.4) is 0 Å². The topological polar surface area (TPSA) is 84.2 Å². The van der Waals surface area contributed by atoms with E-state index in [9.17, 15) is 9.59 Å². The zero-order chi connectivity index (χ0) is 23.2. The van der Waals surface area contributed by atoms with Crippen LogP contribution in [-0.4, -0.2) is 23.3 Å². The molecule has 0 radical (unpaired) electrons. The Morgan fingerprint density at radius 1 is 0.939 bits per heavy atom. The molecular formula is C27H25N3O3. The summed E-state index contributed by atoms with van der Waals surface area (Å²) in [7, 11) is 0. The molecular weight excluding hydrogens is 414 g/mol. The summed E-state index contributed by atoms with van der Waals surface area (Å²) in [5.74, 6) is 0.513. The first-order valence-corrected chi connectivity index (χ1v) is 10.9. The van der Waals surface area contributed by atoms with Gasteiger partial charge in [0.2, 0.25) is 5.89 Å². The third-order valence-corrected chi connectivity index (χ3v) is 5.16. The third-order valence-electron chi connectivity index (χ3n) is 5.16. The number of nitrogens with one attached hydrogen (secondary N) is 2. The van der Waals surface area contributed by atoms with Crippen molar-refractivity contribution < 1.29 is 14.0 Å². The lowest BCUT2D eigenvalue weighted by atomic mass is 10.1. The van der Waals surface area contributed by atoms with Gasteiger partial charge in [0, 0.05) is 28.9 Å². The fourth-order valence-electron chi connectivity index (χ4n) is 3.39. The fraction of sp³-hybridized carbons (Fsp3) is 0.148. The zero-order valence-electron chi connectivity index (χ0n) is 18.6. The Balaban J connectivity index is 1.56. The van der Waals surface area contributed by atoms with Crippen molar-refractivity contribution in [2.24, 2.45) is 0 Å². The summed E-state index contributed by atoms with van der Waals surface area (Å²) in [6.07, 6.45) is 2.51. The van der Waals surface area contributed by atoms with Crippen LogP contribution < -0.4 is 10.6 Å². The van der Waals surface area contributed by atoms with E-state index in [1.807, 2.05) is 44.2 Å². The minimum absolute atomic E-state index is 0.170. The van der Waals surface area contributed by atoms with Crippen molar-refractivity contribution in [1.82, 2.24) is 10.3 Å². The predicted octanol–water partition coefficient (Wildman–Crippen LogP) is 5.71. The predicted molar refractivity (Wildman–Crippen MR) is 129 cm³/mol. The molecule has 0 aliphatic rings. The van der Waals surface area contributed by atoms with Crippen molar-refractivity contribution in [2.75, 3.05) is 11.9 Å². The summed E-state index contributed by atoms with van der Waals surface area (Å²) in [6.45, 7) is 4.62. The minimum atomic E-state index is -0.313. The van der Waals surface area contributed by atoms with E-state index in [-0.39, 0.29) is 11.8 Å². The van der Waals surface area contributed by atoms with Gasteiger partial charge in [0.1, 0.15) is 0 Å². The van der Waals surface area contributed by atoms with Gasteiger partial charge in [0.15, 0.2) is 5.76 Å². The lowest BCUT2D eigenvalue weighted by Crippen LogP contribution is -2.24. The highest BCUT2D eigenvalue weighted by molar-refractivity contribution is 6.08. The maximum Gasteiger partial charge on any atom is 0.256 e. The van der Waals surface area contributed by atoms with Crippen LogP contribution in [0, 0.1) is 6.92 Å². The van der Waals surface area contributed by atoms with Gasteiger partial charge >= 0.3 is 0 Å². The zero-order valence-corrected chi connectivity index (χ0v) is 18.6. The van der Waals surface area contributed by atoms with Gasteiger partial charge in [-0.3, -0.25) is 9.59 Å². The molecule has 4 rings (SSSR count). The number of aromatic nitrogens is 1. The molecule has 0 bridgehead atoms. The molecule has 0 unspecified atom stereocenters. The van der Waals surface area contributed by atoms with Gasteiger partial charge in [-0.25, -0.2) is 4.98 Å². The van der Waals surface area contributed by atoms with Crippen LogP contribution in [0.4, 0.5) is 5.69 Å². The summed E-state index contributed by atoms with van der Waals surface area (Å²) in [4.78, 5) is 29.7. The van der Waals surface area contributed by atoms with Gasteiger partial charge in [-0.15, -0.1) is 0 Å². The molecule has 33 heavy (non-hydrogen) atoms. The summed E-state index contributed by atoms with van der Waals surface area (Å²) < 4.78 is 5.98. The molecule has 1 aromatic heterocycles. The third kappa shape index (κ3) is 5.18. The summed E-state index contributed by atoms with van der Waals surface area (Å²) in [6, 6.07) is 22.0. The van der Waals surface area contributed by atoms with Gasteiger partial charge in [0.05, 0.1) is 11.8 Å². The molecule has 0 fully saturated rings. The first-order valence-electron chi connectivity index (χ1n) is 10.9. The van der Waals surface area contributed by atoms with E-state index in [0.717, 1.165) is 17.5 Å². The monoisotopic (exact) mass is 439 g/mol. The highest BCUT2D eigenvalue weighted by Gasteiger charge is 2.17. The number of hydrogen-bond acceptors (Lipinski definition) is 4. The second-order valence-electron chi connectivity index (χ2n) is 7.73. The molecule has 0 aliphatic heterocycles. The van der Waals surface area contributed by atoms with Crippen LogP contribution >= 0.6 is 0 Å². The van der Waals surface area contributed by atoms with Crippen molar-refractivity contribution in [3.8, 4) is 22.8 Å². The van der Waals surface area contributed by atoms with E-state index >= 15 is 0 Å². The Hall–Kier alpha value is -4.19. The van der Waals surface area contributed by atoms with Gasteiger partial charge in [-0.2, -0.15) is 0 Å². The molecule has 166 valence electrons. The molecule has 0 spiro atoms. The molecule has 3 aromatic carbocycles. The Morgan fingerprint density at radius 2 is 1.73 bits per heavy atom. The average Bonchev–Trinajstić information content (AvgIpc) is 3.33. The van der Waals surface area contributed by atoms with Crippen molar-refractivity contribution in [2.45, 2.75) is 20.3 Å². The summed E-state index contributed by atoms with van der Waals surface area (Å²) >= 11 is 0. The van der Waals surface area contributed by atoms with Crippen molar-refractivity contribution >= 4 is 17.5 Å². The number of rotatable bonds is 7. The molecule has 4 aromatic rings. The maximum absolute atomic E-state index is 13.1. The highest BCUT2D eigenvalue weighted by atomic mass is 16.4. The van der Waals surface area contributed by atoms with Gasteiger partial charge in [-0.1, -0.05) is 55.0 Å². The molecule has 6 heteroatoms. The Labute approximate surface area is 192 Å². The normalized spacial score (nSPS) is 10.6. The van der Waals surface area contributed by atoms with Crippen LogP contribution in [0.25, 0.3) is 22.8 Å². The highest BCUT2D eigenvalue weighted by Crippen LogP contribution is 2.29. The van der Waals surface area contributed by atoms with Gasteiger partial charge in [0.25, 0.3) is 11.8 Å². The molecule has 0 aliphatic carbocycles. The number of carbonyl (C=O) groups is 2. The second kappa shape index (κ2) is 9.96. The van der Waals surface area contributed by atoms with E-state index in [4.69, 9.17) is 4.42 Å². The second-order valence-corrected chi connectivity index (χ2v) is 7.73. The Bertz CT molecular complexity index is 1280. The minimum Gasteiger partial charge on any atom is -0.436 e. The van der Waals surface area contributed by atoms with E-state index in [0.29, 0.717) is 40.6 Å². The SMILES string of the molecule is CCCNC(=O)c1cccc(NC(=O)c2ccccc2-c2ncc(-c3ccc(C)cc3)o2)c1. The quantitative estimate of drug-likeness (QED) is 0.386. The van der Waals surface area contributed by atoms with Crippen LogP contribution in [0.2, 0.25) is 0 Å². The summed E-state index contributed by atoms with van der Waals surface area (Å²) in [5, 5.41) is 5.71. The van der Waals surface area contributed by atoms with E-state index in [2.05, 4.69) is 15.6 Å². The molecule has 6 nitrogen and oxygen atoms in total. The van der Waals surface area contributed by atoms with Crippen LogP contribution in [0.1, 0.15) is 39.6 Å². The largest absolute Gasteiger partial charge is 0.436 e. The Kier molecular flexibility index (Phi) is 6.64. The van der Waals surface area contributed by atoms with Crippen LogP contribution in [0.5, 0.6) is 0 Å². The molecule has 2 amide bonds. The molecule has 0 saturated carbocycles. The molecule has 1 heterocycles. The lowest BCUT2D eigenvalue weighted by molar-refractivity contribution is 0.0952. The fourth-order valence-corrected chi connectivity index (χ4v) is 3.39. The van der Waals surface area contributed by atoms with Crippen molar-refractivity contribution in [3.05, 3.63) is 95.7 Å². The molecule has 0 atom stereocenters. The van der Waals surface area contributed by atoms with Gasteiger partial charge in [-0.05, 0) is 43.7 Å². The van der Waals surface area contributed by atoms with E-state index in [1.54, 1.807) is 48.7 Å². The number of aryl methyl sites for hydroxylation is 1. The van der Waals surface area contributed by atoms with E-state index < -0.39 is 0 Å². The lowest BCUT2D eigenvalue weighted by Gasteiger charge is -2.10. The first kappa shape index (κ1) is 22.0. The summed E-state index contributed by atoms with van der Waals surface area (Å²) in [5.41, 5.74) is 4.12. The molecule has 0 saturated heterocycles.